The fourth-order valence-electron chi connectivity index (χ4n) is 1.60. The molecular formula is C12H14N2O2. The molecule has 0 bridgehead atoms. The fraction of sp³-hybridized carbons (Fsp3) is 0.250. The topological polar surface area (TPSA) is 47.3 Å². The molecule has 0 saturated heterocycles. The number of ether oxygens (including phenoxy) is 1. The molecule has 0 aliphatic carbocycles. The Morgan fingerprint density at radius 3 is 2.88 bits per heavy atom. The Balaban J connectivity index is 2.49. The maximum atomic E-state index is 9.48. The van der Waals surface area contributed by atoms with Crippen molar-refractivity contribution >= 4 is 0 Å². The van der Waals surface area contributed by atoms with Crippen LogP contribution in [0.15, 0.2) is 30.6 Å². The predicted octanol–water partition coefficient (Wildman–Crippen LogP) is 2.28. The molecule has 1 aromatic heterocycles. The van der Waals surface area contributed by atoms with Crippen LogP contribution in [0.4, 0.5) is 0 Å². The van der Waals surface area contributed by atoms with Gasteiger partial charge < -0.3 is 9.84 Å². The minimum Gasteiger partial charge on any atom is -0.508 e. The summed E-state index contributed by atoms with van der Waals surface area (Å²) in [6.07, 6.45) is 3.69. The highest BCUT2D eigenvalue weighted by Crippen LogP contribution is 2.32. The molecule has 0 unspecified atom stereocenters. The highest BCUT2D eigenvalue weighted by Gasteiger charge is 2.08. The van der Waals surface area contributed by atoms with Crippen LogP contribution in [0, 0.1) is 0 Å². The average Bonchev–Trinajstić information content (AvgIpc) is 2.77. The van der Waals surface area contributed by atoms with Gasteiger partial charge in [-0.2, -0.15) is 5.10 Å². The van der Waals surface area contributed by atoms with Gasteiger partial charge in [-0.1, -0.05) is 0 Å². The summed E-state index contributed by atoms with van der Waals surface area (Å²) in [7, 11) is 1.61. The van der Waals surface area contributed by atoms with Gasteiger partial charge >= 0.3 is 0 Å². The number of hydrogen-bond acceptors (Lipinski definition) is 3. The van der Waals surface area contributed by atoms with Crippen molar-refractivity contribution < 1.29 is 9.84 Å². The van der Waals surface area contributed by atoms with Crippen LogP contribution in [-0.4, -0.2) is 22.0 Å². The van der Waals surface area contributed by atoms with Crippen LogP contribution in [0.2, 0.25) is 0 Å². The Morgan fingerprint density at radius 2 is 2.25 bits per heavy atom. The Hall–Kier alpha value is -1.97. The summed E-state index contributed by atoms with van der Waals surface area (Å²) >= 11 is 0. The van der Waals surface area contributed by atoms with Gasteiger partial charge in [-0.05, 0) is 25.1 Å². The molecule has 1 aromatic carbocycles. The number of rotatable bonds is 3. The van der Waals surface area contributed by atoms with E-state index in [1.807, 2.05) is 17.8 Å². The molecule has 0 aliphatic heterocycles. The van der Waals surface area contributed by atoms with E-state index >= 15 is 0 Å². The lowest BCUT2D eigenvalue weighted by Crippen LogP contribution is -1.92. The summed E-state index contributed by atoms with van der Waals surface area (Å²) in [4.78, 5) is 0. The van der Waals surface area contributed by atoms with Crippen LogP contribution in [0.5, 0.6) is 11.5 Å². The summed E-state index contributed by atoms with van der Waals surface area (Å²) in [5.74, 6) is 0.952. The van der Waals surface area contributed by atoms with Crippen molar-refractivity contribution in [3.8, 4) is 22.6 Å². The maximum absolute atomic E-state index is 9.48. The summed E-state index contributed by atoms with van der Waals surface area (Å²) in [6, 6.07) is 5.02. The molecular weight excluding hydrogens is 204 g/mol. The van der Waals surface area contributed by atoms with Crippen molar-refractivity contribution in [1.29, 1.82) is 0 Å². The van der Waals surface area contributed by atoms with Crippen LogP contribution in [-0.2, 0) is 6.54 Å². The molecule has 4 heteroatoms. The van der Waals surface area contributed by atoms with Gasteiger partial charge in [0.1, 0.15) is 11.5 Å². The molecule has 0 saturated carbocycles. The third-order valence-electron chi connectivity index (χ3n) is 2.45. The maximum Gasteiger partial charge on any atom is 0.127 e. The van der Waals surface area contributed by atoms with Crippen LogP contribution in [0.25, 0.3) is 11.1 Å². The van der Waals surface area contributed by atoms with Crippen molar-refractivity contribution in [2.24, 2.45) is 0 Å². The first-order valence-electron chi connectivity index (χ1n) is 5.14. The molecule has 84 valence electrons. The molecule has 2 rings (SSSR count). The van der Waals surface area contributed by atoms with Crippen molar-refractivity contribution in [2.75, 3.05) is 7.11 Å². The number of aromatic nitrogens is 2. The van der Waals surface area contributed by atoms with Gasteiger partial charge in [-0.25, -0.2) is 0 Å². The van der Waals surface area contributed by atoms with Crippen molar-refractivity contribution in [3.63, 3.8) is 0 Å². The monoisotopic (exact) mass is 218 g/mol. The zero-order valence-corrected chi connectivity index (χ0v) is 9.34. The van der Waals surface area contributed by atoms with E-state index in [0.717, 1.165) is 23.4 Å². The molecule has 4 nitrogen and oxygen atoms in total. The normalized spacial score (nSPS) is 10.4. The summed E-state index contributed by atoms with van der Waals surface area (Å²) in [6.45, 7) is 2.84. The van der Waals surface area contributed by atoms with E-state index in [4.69, 9.17) is 4.74 Å². The van der Waals surface area contributed by atoms with E-state index in [1.165, 1.54) is 0 Å². The van der Waals surface area contributed by atoms with E-state index < -0.39 is 0 Å². The van der Waals surface area contributed by atoms with E-state index in [-0.39, 0.29) is 5.75 Å². The third kappa shape index (κ3) is 1.86. The second kappa shape index (κ2) is 4.26. The number of hydrogen-bond donors (Lipinski definition) is 1. The predicted molar refractivity (Wildman–Crippen MR) is 61.6 cm³/mol. The van der Waals surface area contributed by atoms with Crippen molar-refractivity contribution in [2.45, 2.75) is 13.5 Å². The van der Waals surface area contributed by atoms with Gasteiger partial charge in [0.25, 0.3) is 0 Å². The molecule has 16 heavy (non-hydrogen) atoms. The second-order valence-electron chi connectivity index (χ2n) is 3.47. The van der Waals surface area contributed by atoms with E-state index in [0.29, 0.717) is 0 Å². The number of phenols is 1. The number of aromatic hydroxyl groups is 1. The molecule has 1 heterocycles. The molecule has 0 amide bonds. The Morgan fingerprint density at radius 1 is 1.44 bits per heavy atom. The second-order valence-corrected chi connectivity index (χ2v) is 3.47. The van der Waals surface area contributed by atoms with Gasteiger partial charge in [0, 0.05) is 23.9 Å². The first kappa shape index (κ1) is 10.5. The first-order chi connectivity index (χ1) is 7.74. The summed E-state index contributed by atoms with van der Waals surface area (Å²) in [5, 5.41) is 13.7. The lowest BCUT2D eigenvalue weighted by molar-refractivity contribution is 0.414. The van der Waals surface area contributed by atoms with E-state index in [1.54, 1.807) is 31.5 Å². The molecule has 0 aliphatic rings. The van der Waals surface area contributed by atoms with Gasteiger partial charge in [-0.3, -0.25) is 4.68 Å². The minimum atomic E-state index is 0.222. The van der Waals surface area contributed by atoms with E-state index in [2.05, 4.69) is 5.10 Å². The molecule has 0 atom stereocenters. The smallest absolute Gasteiger partial charge is 0.127 e. The van der Waals surface area contributed by atoms with Crippen LogP contribution < -0.4 is 4.74 Å². The first-order valence-corrected chi connectivity index (χ1v) is 5.14. The Kier molecular flexibility index (Phi) is 2.81. The number of phenolic OH excluding ortho intramolecular Hbond substituents is 1. The van der Waals surface area contributed by atoms with Gasteiger partial charge in [0.15, 0.2) is 0 Å². The quantitative estimate of drug-likeness (QED) is 0.859. The number of methoxy groups -OCH3 is 1. The van der Waals surface area contributed by atoms with Gasteiger partial charge in [0.05, 0.1) is 13.3 Å². The third-order valence-corrected chi connectivity index (χ3v) is 2.45. The van der Waals surface area contributed by atoms with Gasteiger partial charge in [-0.15, -0.1) is 0 Å². The van der Waals surface area contributed by atoms with Gasteiger partial charge in [0.2, 0.25) is 0 Å². The highest BCUT2D eigenvalue weighted by molar-refractivity contribution is 5.70. The van der Waals surface area contributed by atoms with Crippen LogP contribution in [0.1, 0.15) is 6.92 Å². The number of benzene rings is 1. The highest BCUT2D eigenvalue weighted by atomic mass is 16.5. The summed E-state index contributed by atoms with van der Waals surface area (Å²) < 4.78 is 7.08. The Bertz CT molecular complexity index is 492. The zero-order valence-electron chi connectivity index (χ0n) is 9.34. The SMILES string of the molecule is CCn1cc(-c2cc(O)ccc2OC)cn1. The zero-order chi connectivity index (χ0) is 11.5. The fourth-order valence-corrected chi connectivity index (χ4v) is 1.60. The summed E-state index contributed by atoms with van der Waals surface area (Å²) in [5.41, 5.74) is 1.79. The van der Waals surface area contributed by atoms with Crippen LogP contribution >= 0.6 is 0 Å². The molecule has 0 fully saturated rings. The van der Waals surface area contributed by atoms with Crippen molar-refractivity contribution in [1.82, 2.24) is 9.78 Å². The minimum absolute atomic E-state index is 0.222. The number of nitrogens with zero attached hydrogens (tertiary/aromatic N) is 2. The number of aryl methyl sites for hydroxylation is 1. The van der Waals surface area contributed by atoms with E-state index in [9.17, 15) is 5.11 Å². The van der Waals surface area contributed by atoms with Crippen LogP contribution in [0.3, 0.4) is 0 Å². The van der Waals surface area contributed by atoms with Crippen molar-refractivity contribution in [3.05, 3.63) is 30.6 Å². The molecule has 1 N–H and O–H groups in total. The molecule has 2 aromatic rings. The largest absolute Gasteiger partial charge is 0.508 e. The standard InChI is InChI=1S/C12H14N2O2/c1-3-14-8-9(7-13-14)11-6-10(15)4-5-12(11)16-2/h4-8,15H,3H2,1-2H3. The Labute approximate surface area is 94.1 Å². The lowest BCUT2D eigenvalue weighted by atomic mass is 10.1. The molecule has 0 radical (unpaired) electrons. The lowest BCUT2D eigenvalue weighted by Gasteiger charge is -2.06. The average molecular weight is 218 g/mol. The molecule has 0 spiro atoms.